The third kappa shape index (κ3) is 5.30. The van der Waals surface area contributed by atoms with E-state index in [0.717, 1.165) is 63.4 Å². The number of benzene rings is 1. The first-order valence-electron chi connectivity index (χ1n) is 8.08. The summed E-state index contributed by atoms with van der Waals surface area (Å²) in [6, 6.07) is 8.01. The second-order valence-corrected chi connectivity index (χ2v) is 5.51. The highest BCUT2D eigenvalue weighted by molar-refractivity contribution is 5.32. The van der Waals surface area contributed by atoms with Crippen LogP contribution in [0.15, 0.2) is 24.3 Å². The van der Waals surface area contributed by atoms with Crippen molar-refractivity contribution in [3.8, 4) is 5.75 Å². The molecule has 2 N–H and O–H groups in total. The Morgan fingerprint density at radius 1 is 1.24 bits per heavy atom. The molecule has 2 rings (SSSR count). The first kappa shape index (κ1) is 16.3. The summed E-state index contributed by atoms with van der Waals surface area (Å²) in [6.07, 6.45) is 3.84. The minimum atomic E-state index is 0.471. The lowest BCUT2D eigenvalue weighted by Gasteiger charge is -2.31. The molecule has 21 heavy (non-hydrogen) atoms. The zero-order chi connectivity index (χ0) is 14.9. The van der Waals surface area contributed by atoms with Crippen LogP contribution in [-0.2, 0) is 11.3 Å². The predicted octanol–water partition coefficient (Wildman–Crippen LogP) is 2.42. The number of nitrogens with zero attached hydrogens (tertiary/aromatic N) is 1. The van der Waals surface area contributed by atoms with Crippen molar-refractivity contribution in [1.82, 2.24) is 4.90 Å². The SMILES string of the molecule is CCOC1CCN(CCCOc2ccccc2CN)CC1. The van der Waals surface area contributed by atoms with Gasteiger partial charge in [0.05, 0.1) is 12.7 Å². The Morgan fingerprint density at radius 2 is 2.00 bits per heavy atom. The molecule has 0 amide bonds. The number of likely N-dealkylation sites (tertiary alicyclic amines) is 1. The molecule has 118 valence electrons. The van der Waals surface area contributed by atoms with E-state index in [1.165, 1.54) is 0 Å². The minimum Gasteiger partial charge on any atom is -0.493 e. The van der Waals surface area contributed by atoms with E-state index >= 15 is 0 Å². The quantitative estimate of drug-likeness (QED) is 0.748. The highest BCUT2D eigenvalue weighted by Crippen LogP contribution is 2.18. The Balaban J connectivity index is 1.62. The van der Waals surface area contributed by atoms with Gasteiger partial charge in [-0.3, -0.25) is 0 Å². The summed E-state index contributed by atoms with van der Waals surface area (Å²) in [5.41, 5.74) is 6.79. The molecule has 0 aliphatic carbocycles. The van der Waals surface area contributed by atoms with Crippen molar-refractivity contribution in [3.05, 3.63) is 29.8 Å². The van der Waals surface area contributed by atoms with Gasteiger partial charge in [0.1, 0.15) is 5.75 Å². The number of hydrogen-bond donors (Lipinski definition) is 1. The maximum Gasteiger partial charge on any atom is 0.123 e. The lowest BCUT2D eigenvalue weighted by atomic mass is 10.1. The molecule has 1 aromatic rings. The van der Waals surface area contributed by atoms with Gasteiger partial charge in [-0.1, -0.05) is 18.2 Å². The average molecular weight is 292 g/mol. The average Bonchev–Trinajstić information content (AvgIpc) is 2.54. The predicted molar refractivity (Wildman–Crippen MR) is 85.5 cm³/mol. The van der Waals surface area contributed by atoms with Crippen molar-refractivity contribution in [2.45, 2.75) is 38.8 Å². The van der Waals surface area contributed by atoms with E-state index in [0.29, 0.717) is 12.6 Å². The van der Waals surface area contributed by atoms with Gasteiger partial charge in [0, 0.05) is 38.3 Å². The van der Waals surface area contributed by atoms with Crippen LogP contribution < -0.4 is 10.5 Å². The van der Waals surface area contributed by atoms with E-state index in [1.807, 2.05) is 24.3 Å². The molecule has 0 unspecified atom stereocenters. The number of nitrogens with two attached hydrogens (primary N) is 1. The maximum atomic E-state index is 5.85. The van der Waals surface area contributed by atoms with Gasteiger partial charge in [-0.2, -0.15) is 0 Å². The highest BCUT2D eigenvalue weighted by Gasteiger charge is 2.18. The van der Waals surface area contributed by atoms with Crippen molar-refractivity contribution in [1.29, 1.82) is 0 Å². The van der Waals surface area contributed by atoms with E-state index in [-0.39, 0.29) is 0 Å². The Hall–Kier alpha value is -1.10. The molecule has 0 aromatic heterocycles. The number of ether oxygens (including phenoxy) is 2. The Bertz CT molecular complexity index is 404. The zero-order valence-corrected chi connectivity index (χ0v) is 13.1. The fourth-order valence-electron chi connectivity index (χ4n) is 2.82. The summed E-state index contributed by atoms with van der Waals surface area (Å²) < 4.78 is 11.5. The van der Waals surface area contributed by atoms with Crippen LogP contribution in [0.25, 0.3) is 0 Å². The van der Waals surface area contributed by atoms with E-state index in [9.17, 15) is 0 Å². The molecule has 1 heterocycles. The number of rotatable bonds is 8. The smallest absolute Gasteiger partial charge is 0.123 e. The molecule has 4 heteroatoms. The van der Waals surface area contributed by atoms with Gasteiger partial charge in [-0.15, -0.1) is 0 Å². The summed E-state index contributed by atoms with van der Waals surface area (Å²) in [6.45, 7) is 7.57. The van der Waals surface area contributed by atoms with Gasteiger partial charge in [-0.05, 0) is 32.3 Å². The first-order valence-corrected chi connectivity index (χ1v) is 8.08. The molecule has 1 aromatic carbocycles. The van der Waals surface area contributed by atoms with Crippen molar-refractivity contribution in [3.63, 3.8) is 0 Å². The summed E-state index contributed by atoms with van der Waals surface area (Å²) in [4.78, 5) is 2.51. The van der Waals surface area contributed by atoms with Gasteiger partial charge < -0.3 is 20.1 Å². The highest BCUT2D eigenvalue weighted by atomic mass is 16.5. The normalized spacial score (nSPS) is 17.0. The number of piperidine rings is 1. The van der Waals surface area contributed by atoms with Crippen LogP contribution in [0.2, 0.25) is 0 Å². The standard InChI is InChI=1S/C17H28N2O2/c1-2-20-16-8-11-19(12-9-16)10-5-13-21-17-7-4-3-6-15(17)14-18/h3-4,6-7,16H,2,5,8-14,18H2,1H3. The number of para-hydroxylation sites is 1. The summed E-state index contributed by atoms with van der Waals surface area (Å²) >= 11 is 0. The van der Waals surface area contributed by atoms with Gasteiger partial charge in [-0.25, -0.2) is 0 Å². The monoisotopic (exact) mass is 292 g/mol. The first-order chi connectivity index (χ1) is 10.3. The lowest BCUT2D eigenvalue weighted by molar-refractivity contribution is 0.0135. The molecule has 1 aliphatic rings. The van der Waals surface area contributed by atoms with Gasteiger partial charge in [0.2, 0.25) is 0 Å². The van der Waals surface area contributed by atoms with Crippen molar-refractivity contribution >= 4 is 0 Å². The summed E-state index contributed by atoms with van der Waals surface area (Å²) in [5.74, 6) is 0.926. The van der Waals surface area contributed by atoms with E-state index < -0.39 is 0 Å². The second-order valence-electron chi connectivity index (χ2n) is 5.51. The third-order valence-corrected chi connectivity index (χ3v) is 4.01. The molecule has 1 saturated heterocycles. The Labute approximate surface area is 128 Å². The molecular weight excluding hydrogens is 264 g/mol. The van der Waals surface area contributed by atoms with Crippen molar-refractivity contribution in [2.75, 3.05) is 32.8 Å². The molecule has 0 saturated carbocycles. The fourth-order valence-corrected chi connectivity index (χ4v) is 2.82. The van der Waals surface area contributed by atoms with E-state index in [2.05, 4.69) is 11.8 Å². The Kier molecular flexibility index (Phi) is 7.00. The van der Waals surface area contributed by atoms with E-state index in [1.54, 1.807) is 0 Å². The zero-order valence-electron chi connectivity index (χ0n) is 13.1. The van der Waals surface area contributed by atoms with Crippen molar-refractivity contribution < 1.29 is 9.47 Å². The van der Waals surface area contributed by atoms with Crippen LogP contribution >= 0.6 is 0 Å². The number of hydrogen-bond acceptors (Lipinski definition) is 4. The van der Waals surface area contributed by atoms with Crippen molar-refractivity contribution in [2.24, 2.45) is 5.73 Å². The fraction of sp³-hybridized carbons (Fsp3) is 0.647. The summed E-state index contributed by atoms with van der Waals surface area (Å²) in [5, 5.41) is 0. The molecule has 1 aliphatic heterocycles. The lowest BCUT2D eigenvalue weighted by Crippen LogP contribution is -2.37. The van der Waals surface area contributed by atoms with Crippen LogP contribution in [0.1, 0.15) is 31.7 Å². The van der Waals surface area contributed by atoms with Gasteiger partial charge in [0.15, 0.2) is 0 Å². The molecule has 0 spiro atoms. The minimum absolute atomic E-state index is 0.471. The Morgan fingerprint density at radius 3 is 2.71 bits per heavy atom. The molecule has 1 fully saturated rings. The van der Waals surface area contributed by atoms with Gasteiger partial charge in [0.25, 0.3) is 0 Å². The molecular formula is C17H28N2O2. The molecule has 0 atom stereocenters. The largest absolute Gasteiger partial charge is 0.493 e. The summed E-state index contributed by atoms with van der Waals surface area (Å²) in [7, 11) is 0. The maximum absolute atomic E-state index is 5.85. The van der Waals surface area contributed by atoms with Crippen LogP contribution in [0.4, 0.5) is 0 Å². The molecule has 4 nitrogen and oxygen atoms in total. The molecule has 0 bridgehead atoms. The van der Waals surface area contributed by atoms with E-state index in [4.69, 9.17) is 15.2 Å². The second kappa shape index (κ2) is 9.03. The topological polar surface area (TPSA) is 47.7 Å². The van der Waals surface area contributed by atoms with Crippen LogP contribution in [0.3, 0.4) is 0 Å². The van der Waals surface area contributed by atoms with Crippen LogP contribution in [0.5, 0.6) is 5.75 Å². The van der Waals surface area contributed by atoms with Crippen LogP contribution in [0, 0.1) is 0 Å². The molecule has 0 radical (unpaired) electrons. The van der Waals surface area contributed by atoms with Gasteiger partial charge >= 0.3 is 0 Å². The van der Waals surface area contributed by atoms with Crippen LogP contribution in [-0.4, -0.2) is 43.9 Å². The third-order valence-electron chi connectivity index (χ3n) is 4.01.